The lowest BCUT2D eigenvalue weighted by Crippen LogP contribution is -2.40. The summed E-state index contributed by atoms with van der Waals surface area (Å²) in [6.45, 7) is 10.6. The summed E-state index contributed by atoms with van der Waals surface area (Å²) >= 11 is 0. The molecule has 0 saturated carbocycles. The van der Waals surface area contributed by atoms with E-state index < -0.39 is 0 Å². The van der Waals surface area contributed by atoms with E-state index in [0.717, 1.165) is 38.4 Å². The molecule has 0 spiro atoms. The fourth-order valence-electron chi connectivity index (χ4n) is 2.43. The van der Waals surface area contributed by atoms with Gasteiger partial charge >= 0.3 is 0 Å². The Morgan fingerprint density at radius 2 is 2.00 bits per heavy atom. The largest absolute Gasteiger partial charge is 0.353 e. The summed E-state index contributed by atoms with van der Waals surface area (Å²) in [5.74, 6) is 1.07. The number of nitrogens with zero attached hydrogens (tertiary/aromatic N) is 3. The maximum Gasteiger partial charge on any atom is 0.128 e. The lowest BCUT2D eigenvalue weighted by molar-refractivity contribution is 0.372. The molecule has 1 rings (SSSR count). The molecule has 1 N–H and O–H groups in total. The van der Waals surface area contributed by atoms with Crippen LogP contribution in [0.5, 0.6) is 0 Å². The highest BCUT2D eigenvalue weighted by molar-refractivity contribution is 5.40. The number of nitrogens with one attached hydrogen (secondary N) is 1. The number of hydrogen-bond acceptors (Lipinski definition) is 4. The molecule has 1 unspecified atom stereocenters. The Labute approximate surface area is 124 Å². The molecule has 1 heterocycles. The van der Waals surface area contributed by atoms with Gasteiger partial charge in [0.15, 0.2) is 0 Å². The molecule has 0 saturated heterocycles. The monoisotopic (exact) mass is 278 g/mol. The maximum atomic E-state index is 4.62. The van der Waals surface area contributed by atoms with Gasteiger partial charge in [-0.25, -0.2) is 4.98 Å². The predicted octanol–water partition coefficient (Wildman–Crippen LogP) is 2.36. The average molecular weight is 278 g/mol. The van der Waals surface area contributed by atoms with E-state index in [1.165, 1.54) is 5.56 Å². The summed E-state index contributed by atoms with van der Waals surface area (Å²) in [5.41, 5.74) is 1.25. The van der Waals surface area contributed by atoms with Gasteiger partial charge in [0.2, 0.25) is 0 Å². The van der Waals surface area contributed by atoms with Crippen molar-refractivity contribution in [1.29, 1.82) is 0 Å². The number of aromatic nitrogens is 1. The molecular weight excluding hydrogens is 248 g/mol. The van der Waals surface area contributed by atoms with Crippen LogP contribution in [0, 0.1) is 0 Å². The molecule has 0 bridgehead atoms. The van der Waals surface area contributed by atoms with E-state index in [1.54, 1.807) is 0 Å². The molecule has 0 radical (unpaired) electrons. The highest BCUT2D eigenvalue weighted by Gasteiger charge is 2.14. The van der Waals surface area contributed by atoms with Gasteiger partial charge in [-0.05, 0) is 52.5 Å². The van der Waals surface area contributed by atoms with E-state index in [-0.39, 0.29) is 0 Å². The predicted molar refractivity (Wildman–Crippen MR) is 87.3 cm³/mol. The van der Waals surface area contributed by atoms with Crippen LogP contribution in [-0.2, 0) is 6.54 Å². The highest BCUT2D eigenvalue weighted by Crippen LogP contribution is 2.14. The van der Waals surface area contributed by atoms with Crippen LogP contribution in [0.4, 0.5) is 5.82 Å². The van der Waals surface area contributed by atoms with Crippen molar-refractivity contribution in [1.82, 2.24) is 15.2 Å². The Hall–Kier alpha value is -1.13. The lowest BCUT2D eigenvalue weighted by atomic mass is 10.2. The first kappa shape index (κ1) is 16.9. The van der Waals surface area contributed by atoms with Crippen LogP contribution in [0.15, 0.2) is 18.3 Å². The van der Waals surface area contributed by atoms with Crippen molar-refractivity contribution in [2.24, 2.45) is 0 Å². The van der Waals surface area contributed by atoms with Gasteiger partial charge in [-0.3, -0.25) is 0 Å². The number of anilines is 1. The number of pyridine rings is 1. The molecule has 1 aromatic rings. The van der Waals surface area contributed by atoms with Crippen molar-refractivity contribution in [3.05, 3.63) is 23.9 Å². The van der Waals surface area contributed by atoms with Gasteiger partial charge in [0.1, 0.15) is 5.82 Å². The summed E-state index contributed by atoms with van der Waals surface area (Å²) in [7, 11) is 4.22. The van der Waals surface area contributed by atoms with Crippen molar-refractivity contribution in [2.75, 3.05) is 38.6 Å². The summed E-state index contributed by atoms with van der Waals surface area (Å²) in [5, 5.41) is 3.40. The van der Waals surface area contributed by atoms with Crippen molar-refractivity contribution in [2.45, 2.75) is 39.8 Å². The molecule has 0 aliphatic rings. The smallest absolute Gasteiger partial charge is 0.128 e. The second-order valence-corrected chi connectivity index (χ2v) is 5.60. The Bertz CT molecular complexity index is 361. The van der Waals surface area contributed by atoms with E-state index in [2.05, 4.69) is 67.1 Å². The maximum absolute atomic E-state index is 4.62. The molecule has 4 heteroatoms. The molecule has 0 amide bonds. The van der Waals surface area contributed by atoms with Crippen LogP contribution in [-0.4, -0.2) is 49.7 Å². The molecule has 1 aromatic heterocycles. The van der Waals surface area contributed by atoms with Crippen molar-refractivity contribution >= 4 is 5.82 Å². The third kappa shape index (κ3) is 5.47. The van der Waals surface area contributed by atoms with Crippen LogP contribution < -0.4 is 10.2 Å². The quantitative estimate of drug-likeness (QED) is 0.703. The minimum absolute atomic E-state index is 0.464. The third-order valence-electron chi connectivity index (χ3n) is 3.36. The minimum Gasteiger partial charge on any atom is -0.353 e. The zero-order chi connectivity index (χ0) is 15.0. The zero-order valence-electron chi connectivity index (χ0n) is 13.7. The molecule has 114 valence electrons. The first-order chi connectivity index (χ1) is 9.58. The van der Waals surface area contributed by atoms with Crippen LogP contribution >= 0.6 is 0 Å². The molecule has 0 aliphatic carbocycles. The third-order valence-corrected chi connectivity index (χ3v) is 3.36. The summed E-state index contributed by atoms with van der Waals surface area (Å²) < 4.78 is 0. The fraction of sp³-hybridized carbons (Fsp3) is 0.688. The average Bonchev–Trinajstić information content (AvgIpc) is 2.41. The van der Waals surface area contributed by atoms with Gasteiger partial charge in [-0.1, -0.05) is 13.0 Å². The first-order valence-electron chi connectivity index (χ1n) is 7.65. The van der Waals surface area contributed by atoms with Crippen molar-refractivity contribution < 1.29 is 0 Å². The molecule has 0 aromatic carbocycles. The van der Waals surface area contributed by atoms with E-state index in [4.69, 9.17) is 0 Å². The van der Waals surface area contributed by atoms with Gasteiger partial charge in [0.25, 0.3) is 0 Å². The van der Waals surface area contributed by atoms with E-state index in [0.29, 0.717) is 6.04 Å². The standard InChI is InChI=1S/C16H30N4/c1-6-10-17-11-15-8-9-16(18-12-15)20(7-2)14(3)13-19(4)5/h8-9,12,14,17H,6-7,10-11,13H2,1-5H3. The minimum atomic E-state index is 0.464. The highest BCUT2D eigenvalue weighted by atomic mass is 15.2. The molecule has 0 aliphatic heterocycles. The summed E-state index contributed by atoms with van der Waals surface area (Å²) in [6, 6.07) is 4.78. The van der Waals surface area contributed by atoms with E-state index >= 15 is 0 Å². The Balaban J connectivity index is 2.64. The van der Waals surface area contributed by atoms with Crippen LogP contribution in [0.1, 0.15) is 32.8 Å². The van der Waals surface area contributed by atoms with Gasteiger partial charge in [0, 0.05) is 31.9 Å². The number of likely N-dealkylation sites (N-methyl/N-ethyl adjacent to an activating group) is 2. The topological polar surface area (TPSA) is 31.4 Å². The Morgan fingerprint density at radius 1 is 1.25 bits per heavy atom. The van der Waals surface area contributed by atoms with Gasteiger partial charge in [0.05, 0.1) is 0 Å². The van der Waals surface area contributed by atoms with Gasteiger partial charge in [-0.15, -0.1) is 0 Å². The van der Waals surface area contributed by atoms with Crippen molar-refractivity contribution in [3.8, 4) is 0 Å². The second kappa shape index (κ2) is 8.93. The van der Waals surface area contributed by atoms with Crippen LogP contribution in [0.25, 0.3) is 0 Å². The summed E-state index contributed by atoms with van der Waals surface area (Å²) in [6.07, 6.45) is 3.15. The number of hydrogen-bond donors (Lipinski definition) is 1. The second-order valence-electron chi connectivity index (χ2n) is 5.60. The van der Waals surface area contributed by atoms with E-state index in [1.807, 2.05) is 6.20 Å². The Morgan fingerprint density at radius 3 is 2.50 bits per heavy atom. The molecule has 1 atom stereocenters. The molecule has 20 heavy (non-hydrogen) atoms. The molecular formula is C16H30N4. The lowest BCUT2D eigenvalue weighted by Gasteiger charge is -2.31. The zero-order valence-corrected chi connectivity index (χ0v) is 13.7. The van der Waals surface area contributed by atoms with E-state index in [9.17, 15) is 0 Å². The SMILES string of the molecule is CCCNCc1ccc(N(CC)C(C)CN(C)C)nc1. The Kier molecular flexibility index (Phi) is 7.55. The first-order valence-corrected chi connectivity index (χ1v) is 7.65. The van der Waals surface area contributed by atoms with Crippen LogP contribution in [0.3, 0.4) is 0 Å². The van der Waals surface area contributed by atoms with Gasteiger partial charge < -0.3 is 15.1 Å². The molecule has 4 nitrogen and oxygen atoms in total. The molecule has 0 fully saturated rings. The number of rotatable bonds is 9. The normalized spacial score (nSPS) is 12.7. The van der Waals surface area contributed by atoms with Crippen molar-refractivity contribution in [3.63, 3.8) is 0 Å². The summed E-state index contributed by atoms with van der Waals surface area (Å²) in [4.78, 5) is 9.19. The van der Waals surface area contributed by atoms with Gasteiger partial charge in [-0.2, -0.15) is 0 Å². The van der Waals surface area contributed by atoms with Crippen LogP contribution in [0.2, 0.25) is 0 Å². The fourth-order valence-corrected chi connectivity index (χ4v) is 2.43.